The summed E-state index contributed by atoms with van der Waals surface area (Å²) in [5.74, 6) is -0.261. The Hall–Kier alpha value is -2.53. The van der Waals surface area contributed by atoms with Gasteiger partial charge in [0.05, 0.1) is 6.54 Å². The molecule has 5 nitrogen and oxygen atoms in total. The highest BCUT2D eigenvalue weighted by Gasteiger charge is 2.05. The molecular weight excluding hydrogens is 326 g/mol. The molecule has 0 heterocycles. The first-order valence-corrected chi connectivity index (χ1v) is 7.95. The Kier molecular flexibility index (Phi) is 6.21. The Morgan fingerprint density at radius 3 is 2.62 bits per heavy atom. The van der Waals surface area contributed by atoms with Crippen molar-refractivity contribution in [2.24, 2.45) is 0 Å². The van der Waals surface area contributed by atoms with Crippen LogP contribution in [0.15, 0.2) is 42.5 Å². The van der Waals surface area contributed by atoms with Gasteiger partial charge >= 0.3 is 0 Å². The topological polar surface area (TPSA) is 70.2 Å². The third kappa shape index (κ3) is 5.59. The molecule has 0 radical (unpaired) electrons. The molecule has 2 amide bonds. The smallest absolute Gasteiger partial charge is 0.239 e. The molecule has 0 aliphatic heterocycles. The molecule has 0 aromatic heterocycles. The molecular formula is C18H20ClN3O2. The van der Waals surface area contributed by atoms with E-state index in [1.807, 2.05) is 37.3 Å². The number of rotatable bonds is 6. The van der Waals surface area contributed by atoms with Crippen LogP contribution in [0.2, 0.25) is 5.02 Å². The highest BCUT2D eigenvalue weighted by atomic mass is 35.5. The average molecular weight is 346 g/mol. The first kappa shape index (κ1) is 17.8. The van der Waals surface area contributed by atoms with Gasteiger partial charge in [0.25, 0.3) is 0 Å². The Morgan fingerprint density at radius 2 is 1.92 bits per heavy atom. The summed E-state index contributed by atoms with van der Waals surface area (Å²) in [7, 11) is 0. The summed E-state index contributed by atoms with van der Waals surface area (Å²) in [5, 5.41) is 9.28. The summed E-state index contributed by atoms with van der Waals surface area (Å²) in [4.78, 5) is 23.1. The summed E-state index contributed by atoms with van der Waals surface area (Å²) < 4.78 is 0. The van der Waals surface area contributed by atoms with Crippen LogP contribution < -0.4 is 16.0 Å². The van der Waals surface area contributed by atoms with Crippen molar-refractivity contribution in [1.82, 2.24) is 5.32 Å². The molecule has 0 saturated carbocycles. The summed E-state index contributed by atoms with van der Waals surface area (Å²) in [6.45, 7) is 3.96. The number of benzene rings is 2. The van der Waals surface area contributed by atoms with Crippen LogP contribution in [0.3, 0.4) is 0 Å². The molecule has 0 aliphatic rings. The highest BCUT2D eigenvalue weighted by molar-refractivity contribution is 6.30. The molecule has 2 rings (SSSR count). The molecule has 24 heavy (non-hydrogen) atoms. The Labute approximate surface area is 146 Å². The predicted molar refractivity (Wildman–Crippen MR) is 97.3 cm³/mol. The monoisotopic (exact) mass is 345 g/mol. The zero-order valence-electron chi connectivity index (χ0n) is 13.7. The van der Waals surface area contributed by atoms with E-state index in [1.54, 1.807) is 12.1 Å². The maximum Gasteiger partial charge on any atom is 0.239 e. The number of hydrogen-bond donors (Lipinski definition) is 3. The summed E-state index contributed by atoms with van der Waals surface area (Å²) in [6.07, 6.45) is 0. The van der Waals surface area contributed by atoms with Gasteiger partial charge in [-0.25, -0.2) is 0 Å². The van der Waals surface area contributed by atoms with Gasteiger partial charge in [-0.05, 0) is 42.3 Å². The van der Waals surface area contributed by atoms with Crippen molar-refractivity contribution in [3.63, 3.8) is 0 Å². The molecule has 0 unspecified atom stereocenters. The molecule has 3 N–H and O–H groups in total. The van der Waals surface area contributed by atoms with Crippen molar-refractivity contribution >= 4 is 34.8 Å². The van der Waals surface area contributed by atoms with Crippen LogP contribution in [0.1, 0.15) is 18.1 Å². The average Bonchev–Trinajstić information content (AvgIpc) is 2.53. The van der Waals surface area contributed by atoms with Crippen LogP contribution in [-0.2, 0) is 16.1 Å². The van der Waals surface area contributed by atoms with Crippen LogP contribution in [0.25, 0.3) is 0 Å². The largest absolute Gasteiger partial charge is 0.376 e. The molecule has 2 aromatic rings. The molecule has 126 valence electrons. The number of amides is 2. The quantitative estimate of drug-likeness (QED) is 0.752. The van der Waals surface area contributed by atoms with Gasteiger partial charge in [-0.3, -0.25) is 9.59 Å². The van der Waals surface area contributed by atoms with Gasteiger partial charge in [-0.2, -0.15) is 0 Å². The maximum absolute atomic E-state index is 12.0. The lowest BCUT2D eigenvalue weighted by Crippen LogP contribution is -2.29. The second-order valence-electron chi connectivity index (χ2n) is 5.47. The predicted octanol–water partition coefficient (Wildman–Crippen LogP) is 3.34. The molecule has 0 aliphatic carbocycles. The van der Waals surface area contributed by atoms with E-state index in [2.05, 4.69) is 16.0 Å². The standard InChI is InChI=1S/C18H20ClN3O2/c1-12-6-7-16(22-13(2)23)9-17(12)20-11-18(24)21-10-14-4-3-5-15(19)8-14/h3-9,20H,10-11H2,1-2H3,(H,21,24)(H,22,23). The van der Waals surface area contributed by atoms with Crippen LogP contribution in [0.5, 0.6) is 0 Å². The number of hydrogen-bond acceptors (Lipinski definition) is 3. The van der Waals surface area contributed by atoms with Crippen molar-refractivity contribution < 1.29 is 9.59 Å². The molecule has 0 atom stereocenters. The second kappa shape index (κ2) is 8.36. The zero-order valence-corrected chi connectivity index (χ0v) is 14.4. The maximum atomic E-state index is 12.0. The second-order valence-corrected chi connectivity index (χ2v) is 5.91. The lowest BCUT2D eigenvalue weighted by molar-refractivity contribution is -0.119. The zero-order chi connectivity index (χ0) is 17.5. The molecule has 6 heteroatoms. The van der Waals surface area contributed by atoms with Gasteiger partial charge in [0.15, 0.2) is 0 Å². The third-order valence-corrected chi connectivity index (χ3v) is 3.61. The van der Waals surface area contributed by atoms with E-state index in [1.165, 1.54) is 6.92 Å². The third-order valence-electron chi connectivity index (χ3n) is 3.38. The fourth-order valence-electron chi connectivity index (χ4n) is 2.18. The molecule has 0 spiro atoms. The number of carbonyl (C=O) groups is 2. The first-order chi connectivity index (χ1) is 11.4. The number of halogens is 1. The number of carbonyl (C=O) groups excluding carboxylic acids is 2. The van der Waals surface area contributed by atoms with Gasteiger partial charge in [0, 0.05) is 29.9 Å². The van der Waals surface area contributed by atoms with Crippen LogP contribution in [0, 0.1) is 6.92 Å². The minimum Gasteiger partial charge on any atom is -0.376 e. The fourth-order valence-corrected chi connectivity index (χ4v) is 2.39. The van der Waals surface area contributed by atoms with Crippen molar-refractivity contribution in [2.75, 3.05) is 17.2 Å². The summed E-state index contributed by atoms with van der Waals surface area (Å²) in [5.41, 5.74) is 3.43. The molecule has 0 bridgehead atoms. The lowest BCUT2D eigenvalue weighted by Gasteiger charge is -2.12. The first-order valence-electron chi connectivity index (χ1n) is 7.57. The lowest BCUT2D eigenvalue weighted by atomic mass is 10.1. The Balaban J connectivity index is 1.88. The van der Waals surface area contributed by atoms with Crippen LogP contribution in [0.4, 0.5) is 11.4 Å². The molecule has 2 aromatic carbocycles. The van der Waals surface area contributed by atoms with Crippen molar-refractivity contribution in [3.8, 4) is 0 Å². The normalized spacial score (nSPS) is 10.1. The van der Waals surface area contributed by atoms with Crippen LogP contribution >= 0.6 is 11.6 Å². The van der Waals surface area contributed by atoms with E-state index < -0.39 is 0 Å². The van der Waals surface area contributed by atoms with E-state index in [9.17, 15) is 9.59 Å². The van der Waals surface area contributed by atoms with Crippen molar-refractivity contribution in [2.45, 2.75) is 20.4 Å². The Morgan fingerprint density at radius 1 is 1.12 bits per heavy atom. The SMILES string of the molecule is CC(=O)Nc1ccc(C)c(NCC(=O)NCc2cccc(Cl)c2)c1. The summed E-state index contributed by atoms with van der Waals surface area (Å²) >= 11 is 5.91. The summed E-state index contributed by atoms with van der Waals surface area (Å²) in [6, 6.07) is 12.9. The van der Waals surface area contributed by atoms with E-state index in [-0.39, 0.29) is 18.4 Å². The number of anilines is 2. The fraction of sp³-hybridized carbons (Fsp3) is 0.222. The molecule has 0 saturated heterocycles. The minimum atomic E-state index is -0.135. The number of nitrogens with one attached hydrogen (secondary N) is 3. The van der Waals surface area contributed by atoms with Gasteiger partial charge in [-0.1, -0.05) is 29.8 Å². The van der Waals surface area contributed by atoms with Crippen molar-refractivity contribution in [1.29, 1.82) is 0 Å². The van der Waals surface area contributed by atoms with Crippen molar-refractivity contribution in [3.05, 3.63) is 58.6 Å². The Bertz CT molecular complexity index is 747. The molecule has 0 fully saturated rings. The number of aryl methyl sites for hydroxylation is 1. The minimum absolute atomic E-state index is 0.126. The van der Waals surface area contributed by atoms with Crippen LogP contribution in [-0.4, -0.2) is 18.4 Å². The van der Waals surface area contributed by atoms with Gasteiger partial charge in [-0.15, -0.1) is 0 Å². The van der Waals surface area contributed by atoms with E-state index in [4.69, 9.17) is 11.6 Å². The van der Waals surface area contributed by atoms with E-state index in [0.717, 1.165) is 16.8 Å². The van der Waals surface area contributed by atoms with Gasteiger partial charge in [0.2, 0.25) is 11.8 Å². The van der Waals surface area contributed by atoms with Gasteiger partial charge in [0.1, 0.15) is 0 Å². The van der Waals surface area contributed by atoms with E-state index >= 15 is 0 Å². The van der Waals surface area contributed by atoms with E-state index in [0.29, 0.717) is 17.3 Å². The highest BCUT2D eigenvalue weighted by Crippen LogP contribution is 2.20. The van der Waals surface area contributed by atoms with Gasteiger partial charge < -0.3 is 16.0 Å².